The Morgan fingerprint density at radius 2 is 0.505 bits per heavy atom. The maximum atomic E-state index is 12.9. The second-order valence-corrected chi connectivity index (χ2v) is 38.0. The normalized spacial score (nSPS) is 22.4. The van der Waals surface area contributed by atoms with E-state index >= 15 is 0 Å². The molecule has 0 bridgehead atoms. The molecule has 10 fully saturated rings. The Morgan fingerprint density at radius 3 is 0.706 bits per heavy atom. The van der Waals surface area contributed by atoms with Crippen LogP contribution >= 0.6 is 116 Å². The second kappa shape index (κ2) is 45.2. The number of likely N-dealkylation sites (tertiary alicyclic amines) is 1. The van der Waals surface area contributed by atoms with Gasteiger partial charge in [-0.1, -0.05) is 313 Å². The minimum absolute atomic E-state index is 0. The van der Waals surface area contributed by atoms with Gasteiger partial charge in [0.2, 0.25) is 0 Å². The molecular formula is C89H117Cl14NO5-4. The van der Waals surface area contributed by atoms with Gasteiger partial charge in [-0.15, -0.1) is 0 Å². The van der Waals surface area contributed by atoms with Crippen LogP contribution in [0.3, 0.4) is 0 Å². The first kappa shape index (κ1) is 95.8. The first-order valence-electron chi connectivity index (χ1n) is 40.8. The van der Waals surface area contributed by atoms with Gasteiger partial charge in [0.05, 0.1) is 86.6 Å². The highest BCUT2D eigenvalue weighted by atomic mass is 35.5. The van der Waals surface area contributed by atoms with E-state index in [1.54, 1.807) is 0 Å². The van der Waals surface area contributed by atoms with Crippen LogP contribution in [0.1, 0.15) is 297 Å². The van der Waals surface area contributed by atoms with Crippen molar-refractivity contribution in [3.63, 3.8) is 0 Å². The fourth-order valence-electron chi connectivity index (χ4n) is 20.1. The molecule has 0 radical (unpaired) electrons. The summed E-state index contributed by atoms with van der Waals surface area (Å²) in [6, 6.07) is 29.2. The van der Waals surface area contributed by atoms with Crippen molar-refractivity contribution in [2.45, 2.75) is 321 Å². The maximum Gasteiger partial charge on any atom is 0.157 e. The van der Waals surface area contributed by atoms with Crippen LogP contribution in [0.15, 0.2) is 91.0 Å². The summed E-state index contributed by atoms with van der Waals surface area (Å²) in [4.78, 5) is 15.2. The number of hydrogen-bond donors (Lipinski definition) is 4. The van der Waals surface area contributed by atoms with Gasteiger partial charge in [-0.05, 0) is 228 Å². The standard InChI is InChI=1S/4C18H24Cl2O.C17H21Cl2NO.4ClH/c4*19-15-8-7-14(12-16(15)20)18(9-4-10-18)17(21)11-13-5-2-1-3-6-13;18-14-6-5-13(11-15(14)19)17(7-4-8-17)16(21)12-20-9-2-1-3-10-20;;;;/h4*7-8,12-13,17,21H,1-6,9-11H2;5-6,11H,1-4,7-10,12H2;4*1H/p-4/t4*17-;;;;;/m1100...../s1. The highest BCUT2D eigenvalue weighted by Gasteiger charge is 2.50. The Morgan fingerprint density at radius 1 is 0.294 bits per heavy atom. The van der Waals surface area contributed by atoms with Gasteiger partial charge in [0.1, 0.15) is 0 Å². The number of benzene rings is 5. The molecule has 5 aromatic carbocycles. The molecule has 0 aromatic heterocycles. The number of nitrogens with zero attached hydrogens (tertiary/aromatic N) is 1. The van der Waals surface area contributed by atoms with Crippen LogP contribution in [0.25, 0.3) is 0 Å². The number of rotatable bonds is 20. The number of carbonyl (C=O) groups excluding carboxylic acids is 1. The zero-order valence-corrected chi connectivity index (χ0v) is 74.1. The molecule has 1 saturated heterocycles. The average Bonchev–Trinajstić information content (AvgIpc) is 0.787. The van der Waals surface area contributed by atoms with Crippen LogP contribution in [-0.2, 0) is 31.9 Å². The predicted molar refractivity (Wildman–Crippen MR) is 444 cm³/mol. The molecule has 10 aliphatic rings. The molecule has 0 amide bonds. The van der Waals surface area contributed by atoms with Crippen molar-refractivity contribution in [1.82, 2.24) is 4.90 Å². The van der Waals surface area contributed by atoms with E-state index in [1.807, 2.05) is 66.7 Å². The Bertz CT molecular complexity index is 3220. The molecular weight excluding hydrogens is 1660 g/mol. The summed E-state index contributed by atoms with van der Waals surface area (Å²) in [5.74, 6) is 3.17. The van der Waals surface area contributed by atoms with E-state index in [0.29, 0.717) is 86.2 Å². The fourth-order valence-corrected chi connectivity index (χ4v) is 21.6. The summed E-state index contributed by atoms with van der Waals surface area (Å²) in [7, 11) is 0. The van der Waals surface area contributed by atoms with Crippen LogP contribution in [0.4, 0.5) is 0 Å². The molecule has 4 N–H and O–H groups in total. The number of carbonyl (C=O) groups is 1. The SMILES string of the molecule is O=C(CN1CCCCC1)C1(c2ccc(Cl)c(Cl)c2)CCC1.O[C@@H](CC1CCCCC1)C1(c2ccc(Cl)c(Cl)c2)CCC1.O[C@@H](CC1CCCCC1)C1(c2ccc(Cl)c(Cl)c2)CCC1.O[C@H](CC1CCCCC1)C1(c2ccc(Cl)c(Cl)c2)CCC1.O[C@H](CC1CCCCC1)C1(c2ccc(Cl)c(Cl)c2)CCC1.[Cl-].[Cl-].[Cl-].[Cl-]. The smallest absolute Gasteiger partial charge is 0.157 e. The molecule has 20 heteroatoms. The Kier molecular flexibility index (Phi) is 39.7. The number of hydrogen-bond acceptors (Lipinski definition) is 6. The zero-order chi connectivity index (χ0) is 74.4. The van der Waals surface area contributed by atoms with E-state index in [4.69, 9.17) is 116 Å². The highest BCUT2D eigenvalue weighted by molar-refractivity contribution is 6.44. The lowest BCUT2D eigenvalue weighted by Crippen LogP contribution is -3.00. The van der Waals surface area contributed by atoms with Crippen molar-refractivity contribution in [3.05, 3.63) is 169 Å². The third-order valence-corrected chi connectivity index (χ3v) is 31.4. The molecule has 1 heterocycles. The monoisotopic (exact) mass is 1770 g/mol. The van der Waals surface area contributed by atoms with Gasteiger partial charge in [-0.2, -0.15) is 0 Å². The van der Waals surface area contributed by atoms with Gasteiger partial charge in [0.25, 0.3) is 0 Å². The zero-order valence-electron chi connectivity index (χ0n) is 63.5. The minimum atomic E-state index is -0.314. The lowest BCUT2D eigenvalue weighted by atomic mass is 9.59. The fraction of sp³-hybridized carbons (Fsp3) is 0.652. The van der Waals surface area contributed by atoms with Crippen LogP contribution in [0.2, 0.25) is 50.2 Å². The maximum absolute atomic E-state index is 12.9. The van der Waals surface area contributed by atoms with Gasteiger partial charge in [-0.3, -0.25) is 9.69 Å². The molecule has 0 unspecified atom stereocenters. The third-order valence-electron chi connectivity index (χ3n) is 27.7. The van der Waals surface area contributed by atoms with Crippen LogP contribution in [-0.4, -0.2) is 75.2 Å². The van der Waals surface area contributed by atoms with E-state index in [9.17, 15) is 25.2 Å². The van der Waals surface area contributed by atoms with Crippen LogP contribution in [0, 0.1) is 23.7 Å². The molecule has 9 aliphatic carbocycles. The predicted octanol–water partition coefficient (Wildman–Crippen LogP) is 15.5. The molecule has 15 rings (SSSR count). The van der Waals surface area contributed by atoms with E-state index in [1.165, 1.54) is 196 Å². The number of piperidine rings is 1. The molecule has 4 atom stereocenters. The van der Waals surface area contributed by atoms with Gasteiger partial charge in [0.15, 0.2) is 5.78 Å². The quantitative estimate of drug-likeness (QED) is 0.0619. The van der Waals surface area contributed by atoms with Gasteiger partial charge in [-0.25, -0.2) is 0 Å². The number of aliphatic hydroxyl groups is 4. The topological polar surface area (TPSA) is 101 Å². The molecule has 0 spiro atoms. The highest BCUT2D eigenvalue weighted by Crippen LogP contribution is 2.55. The summed E-state index contributed by atoms with van der Waals surface area (Å²) >= 11 is 61.0. The van der Waals surface area contributed by atoms with Crippen molar-refractivity contribution in [3.8, 4) is 0 Å². The van der Waals surface area contributed by atoms with Gasteiger partial charge >= 0.3 is 0 Å². The Hall–Kier alpha value is -0.370. The van der Waals surface area contributed by atoms with Crippen LogP contribution < -0.4 is 49.6 Å². The molecule has 5 aromatic rings. The molecule has 109 heavy (non-hydrogen) atoms. The summed E-state index contributed by atoms with van der Waals surface area (Å²) in [6.45, 7) is 2.70. The first-order chi connectivity index (χ1) is 50.6. The summed E-state index contributed by atoms with van der Waals surface area (Å²) in [5, 5.41) is 49.5. The minimum Gasteiger partial charge on any atom is -1.00 e. The molecule has 610 valence electrons. The molecule has 9 saturated carbocycles. The van der Waals surface area contributed by atoms with Crippen molar-refractivity contribution in [2.75, 3.05) is 19.6 Å². The van der Waals surface area contributed by atoms with Crippen LogP contribution in [0.5, 0.6) is 0 Å². The average molecular weight is 1780 g/mol. The number of halogens is 14. The van der Waals surface area contributed by atoms with Crippen molar-refractivity contribution in [2.24, 2.45) is 23.7 Å². The Balaban J connectivity index is 0.000000188. The lowest BCUT2D eigenvalue weighted by Gasteiger charge is -2.47. The van der Waals surface area contributed by atoms with Gasteiger partial charge < -0.3 is 70.1 Å². The summed E-state index contributed by atoms with van der Waals surface area (Å²) in [6.07, 6.45) is 49.3. The van der Waals surface area contributed by atoms with Gasteiger partial charge in [0, 0.05) is 21.7 Å². The lowest BCUT2D eigenvalue weighted by molar-refractivity contribution is -0.129. The van der Waals surface area contributed by atoms with Crippen molar-refractivity contribution >= 4 is 122 Å². The van der Waals surface area contributed by atoms with E-state index in [0.717, 1.165) is 115 Å². The summed E-state index contributed by atoms with van der Waals surface area (Å²) in [5.41, 5.74) is 5.11. The van der Waals surface area contributed by atoms with Crippen molar-refractivity contribution in [1.29, 1.82) is 0 Å². The van der Waals surface area contributed by atoms with Crippen molar-refractivity contribution < 1.29 is 74.8 Å². The second-order valence-electron chi connectivity index (χ2n) is 33.9. The van der Waals surface area contributed by atoms with E-state index in [-0.39, 0.29) is 101 Å². The van der Waals surface area contributed by atoms with E-state index < -0.39 is 0 Å². The summed E-state index contributed by atoms with van der Waals surface area (Å²) < 4.78 is 0. The molecule has 1 aliphatic heterocycles. The largest absolute Gasteiger partial charge is 1.00 e. The van der Waals surface area contributed by atoms with E-state index in [2.05, 4.69) is 29.2 Å². The Labute approximate surface area is 728 Å². The number of aliphatic hydroxyl groups excluding tert-OH is 4. The molecule has 6 nitrogen and oxygen atoms in total. The number of ketones is 1. The first-order valence-corrected chi connectivity index (χ1v) is 44.6. The third kappa shape index (κ3) is 23.8. The number of Topliss-reactive ketones (excluding diaryl/α,β-unsaturated/α-hetero) is 1.